The molecular formula is C24H24ClN3O. The molecule has 4 aromatic rings. The quantitative estimate of drug-likeness (QED) is 0.294. The third-order valence-electron chi connectivity index (χ3n) is 5.55. The van der Waals surface area contributed by atoms with E-state index in [1.54, 1.807) is 18.6 Å². The van der Waals surface area contributed by atoms with Gasteiger partial charge < -0.3 is 0 Å². The molecule has 0 radical (unpaired) electrons. The Morgan fingerprint density at radius 3 is 2.52 bits per heavy atom. The number of aromatic nitrogens is 3. The highest BCUT2D eigenvalue weighted by Gasteiger charge is 2.15. The summed E-state index contributed by atoms with van der Waals surface area (Å²) in [6.07, 6.45) is 7.12. The molecule has 0 fully saturated rings. The van der Waals surface area contributed by atoms with E-state index in [9.17, 15) is 4.79 Å². The molecule has 0 aliphatic rings. The van der Waals surface area contributed by atoms with Gasteiger partial charge in [-0.1, -0.05) is 62.2 Å². The molecule has 0 saturated carbocycles. The summed E-state index contributed by atoms with van der Waals surface area (Å²) in [5.41, 5.74) is 2.96. The molecule has 148 valence electrons. The molecule has 4 nitrogen and oxygen atoms in total. The molecule has 0 amide bonds. The van der Waals surface area contributed by atoms with Crippen LogP contribution in [0.4, 0.5) is 0 Å². The van der Waals surface area contributed by atoms with Gasteiger partial charge in [0, 0.05) is 17.6 Å². The predicted octanol–water partition coefficient (Wildman–Crippen LogP) is 5.94. The van der Waals surface area contributed by atoms with Gasteiger partial charge in [0.25, 0.3) is 5.56 Å². The molecule has 1 atom stereocenters. The normalized spacial score (nSPS) is 12.5. The molecule has 0 aliphatic carbocycles. The summed E-state index contributed by atoms with van der Waals surface area (Å²) in [7, 11) is 0. The molecule has 0 unspecified atom stereocenters. The Labute approximate surface area is 175 Å². The first-order valence-electron chi connectivity index (χ1n) is 10.1. The van der Waals surface area contributed by atoms with Gasteiger partial charge in [0.1, 0.15) is 5.15 Å². The van der Waals surface area contributed by atoms with Crippen LogP contribution < -0.4 is 5.56 Å². The van der Waals surface area contributed by atoms with E-state index >= 15 is 0 Å². The van der Waals surface area contributed by atoms with Gasteiger partial charge in [-0.15, -0.1) is 0 Å². The molecule has 4 rings (SSSR count). The first kappa shape index (κ1) is 19.6. The second-order valence-electron chi connectivity index (χ2n) is 7.45. The minimum atomic E-state index is 0.0385. The monoisotopic (exact) mass is 405 g/mol. The topological polar surface area (TPSA) is 47.8 Å². The second-order valence-corrected chi connectivity index (χ2v) is 7.84. The third-order valence-corrected chi connectivity index (χ3v) is 5.77. The molecule has 29 heavy (non-hydrogen) atoms. The van der Waals surface area contributed by atoms with Crippen molar-refractivity contribution in [3.05, 3.63) is 81.6 Å². The van der Waals surface area contributed by atoms with Crippen LogP contribution >= 0.6 is 11.6 Å². The summed E-state index contributed by atoms with van der Waals surface area (Å²) >= 11 is 5.93. The maximum atomic E-state index is 13.4. The summed E-state index contributed by atoms with van der Waals surface area (Å²) < 4.78 is 1.81. The molecule has 5 heteroatoms. The molecule has 0 N–H and O–H groups in total. The van der Waals surface area contributed by atoms with E-state index in [1.807, 2.05) is 34.9 Å². The maximum Gasteiger partial charge on any atom is 0.261 e. The Morgan fingerprint density at radius 2 is 1.83 bits per heavy atom. The van der Waals surface area contributed by atoms with Crippen molar-refractivity contribution in [2.45, 2.75) is 45.6 Å². The van der Waals surface area contributed by atoms with Crippen LogP contribution in [0, 0.1) is 0 Å². The number of hydrogen-bond acceptors (Lipinski definition) is 3. The summed E-state index contributed by atoms with van der Waals surface area (Å²) in [6.45, 7) is 4.27. The average Bonchev–Trinajstić information content (AvgIpc) is 2.75. The molecule has 2 aromatic carbocycles. The van der Waals surface area contributed by atoms with Gasteiger partial charge in [-0.05, 0) is 47.9 Å². The number of benzene rings is 2. The van der Waals surface area contributed by atoms with Crippen LogP contribution in [0.25, 0.3) is 21.7 Å². The number of pyridine rings is 1. The smallest absolute Gasteiger partial charge is 0.261 e. The van der Waals surface area contributed by atoms with E-state index in [2.05, 4.69) is 24.9 Å². The fourth-order valence-corrected chi connectivity index (χ4v) is 4.17. The summed E-state index contributed by atoms with van der Waals surface area (Å²) in [6, 6.07) is 14.1. The molecular weight excluding hydrogens is 382 g/mol. The van der Waals surface area contributed by atoms with E-state index in [0.717, 1.165) is 46.7 Å². The highest BCUT2D eigenvalue weighted by molar-refractivity contribution is 6.29. The zero-order chi connectivity index (χ0) is 20.4. The lowest BCUT2D eigenvalue weighted by Gasteiger charge is -2.18. The van der Waals surface area contributed by atoms with Crippen molar-refractivity contribution in [2.75, 3.05) is 0 Å². The Morgan fingerprint density at radius 1 is 1.03 bits per heavy atom. The number of fused-ring (bicyclic) bond motifs is 3. The number of halogens is 1. The van der Waals surface area contributed by atoms with Crippen molar-refractivity contribution in [2.24, 2.45) is 0 Å². The minimum Gasteiger partial charge on any atom is -0.296 e. The minimum absolute atomic E-state index is 0.0385. The lowest BCUT2D eigenvalue weighted by Crippen LogP contribution is -2.25. The van der Waals surface area contributed by atoms with Crippen molar-refractivity contribution in [1.29, 1.82) is 0 Å². The van der Waals surface area contributed by atoms with E-state index in [1.165, 1.54) is 0 Å². The van der Waals surface area contributed by atoms with Crippen molar-refractivity contribution in [3.8, 4) is 0 Å². The standard InChI is InChI=1S/C24H24ClN3O/c1-3-7-18(4-2)28-15-27-23-20-9-6-5-8-19(20)17(13-21(23)24(28)29)12-16-10-11-22(25)26-14-16/h5-6,8-11,13-15,18H,3-4,7,12H2,1-2H3/t18-/m1/s1. The lowest BCUT2D eigenvalue weighted by molar-refractivity contribution is 0.433. The van der Waals surface area contributed by atoms with Gasteiger partial charge in [-0.2, -0.15) is 0 Å². The molecule has 0 spiro atoms. The van der Waals surface area contributed by atoms with Crippen molar-refractivity contribution in [3.63, 3.8) is 0 Å². The fraction of sp³-hybridized carbons (Fsp3) is 0.292. The lowest BCUT2D eigenvalue weighted by atomic mass is 9.96. The van der Waals surface area contributed by atoms with Gasteiger partial charge in [-0.3, -0.25) is 9.36 Å². The highest BCUT2D eigenvalue weighted by atomic mass is 35.5. The van der Waals surface area contributed by atoms with E-state index in [0.29, 0.717) is 17.0 Å². The largest absolute Gasteiger partial charge is 0.296 e. The summed E-state index contributed by atoms with van der Waals surface area (Å²) in [4.78, 5) is 22.3. The number of rotatable bonds is 6. The van der Waals surface area contributed by atoms with E-state index < -0.39 is 0 Å². The molecule has 2 heterocycles. The first-order valence-corrected chi connectivity index (χ1v) is 10.5. The van der Waals surface area contributed by atoms with Crippen molar-refractivity contribution >= 4 is 33.3 Å². The van der Waals surface area contributed by atoms with Crippen molar-refractivity contribution in [1.82, 2.24) is 14.5 Å². The van der Waals surface area contributed by atoms with Crippen molar-refractivity contribution < 1.29 is 0 Å². The van der Waals surface area contributed by atoms with Crippen LogP contribution in [-0.4, -0.2) is 14.5 Å². The van der Waals surface area contributed by atoms with Crippen LogP contribution in [-0.2, 0) is 6.42 Å². The van der Waals surface area contributed by atoms with E-state index in [4.69, 9.17) is 16.6 Å². The third kappa shape index (κ3) is 3.77. The van der Waals surface area contributed by atoms with Crippen LogP contribution in [0.3, 0.4) is 0 Å². The highest BCUT2D eigenvalue weighted by Crippen LogP contribution is 2.28. The Balaban J connectivity index is 1.93. The molecule has 2 aromatic heterocycles. The number of nitrogens with zero attached hydrogens (tertiary/aromatic N) is 3. The molecule has 0 saturated heterocycles. The Bertz CT molecular complexity index is 1210. The van der Waals surface area contributed by atoms with Gasteiger partial charge >= 0.3 is 0 Å². The van der Waals surface area contributed by atoms with E-state index in [-0.39, 0.29) is 11.6 Å². The zero-order valence-corrected chi connectivity index (χ0v) is 17.5. The maximum absolute atomic E-state index is 13.4. The van der Waals surface area contributed by atoms with Gasteiger partial charge in [0.2, 0.25) is 0 Å². The average molecular weight is 406 g/mol. The SMILES string of the molecule is CCC[C@@H](CC)n1cnc2c(cc(Cc3ccc(Cl)nc3)c3ccccc32)c1=O. The predicted molar refractivity (Wildman–Crippen MR) is 120 cm³/mol. The van der Waals surface area contributed by atoms with Gasteiger partial charge in [0.15, 0.2) is 0 Å². The van der Waals surface area contributed by atoms with Crippen LogP contribution in [0.5, 0.6) is 0 Å². The zero-order valence-electron chi connectivity index (χ0n) is 16.7. The van der Waals surface area contributed by atoms with Crippen LogP contribution in [0.15, 0.2) is 59.8 Å². The van der Waals surface area contributed by atoms with Crippen LogP contribution in [0.2, 0.25) is 5.15 Å². The number of hydrogen-bond donors (Lipinski definition) is 0. The molecule has 0 aliphatic heterocycles. The van der Waals surface area contributed by atoms with Crippen LogP contribution in [0.1, 0.15) is 50.3 Å². The van der Waals surface area contributed by atoms with Gasteiger partial charge in [0.05, 0.1) is 17.2 Å². The Hall–Kier alpha value is -2.72. The fourth-order valence-electron chi connectivity index (χ4n) is 4.06. The Kier molecular flexibility index (Phi) is 5.63. The second kappa shape index (κ2) is 8.34. The first-order chi connectivity index (χ1) is 14.1. The van der Waals surface area contributed by atoms with Gasteiger partial charge in [-0.25, -0.2) is 9.97 Å². The molecule has 0 bridgehead atoms. The summed E-state index contributed by atoms with van der Waals surface area (Å²) in [5, 5.41) is 3.28. The summed E-state index contributed by atoms with van der Waals surface area (Å²) in [5.74, 6) is 0.